The van der Waals surface area contributed by atoms with Crippen LogP contribution in [0, 0.1) is 11.3 Å². The topological polar surface area (TPSA) is 38.3 Å². The van der Waals surface area contributed by atoms with Gasteiger partial charge in [-0.05, 0) is 50.2 Å². The van der Waals surface area contributed by atoms with Crippen molar-refractivity contribution in [3.63, 3.8) is 0 Å². The third-order valence-electron chi connectivity index (χ3n) is 4.90. The molecule has 2 rings (SSSR count). The van der Waals surface area contributed by atoms with Crippen LogP contribution in [0.15, 0.2) is 0 Å². The molecule has 1 atom stereocenters. The third kappa shape index (κ3) is 4.14. The minimum absolute atomic E-state index is 0.0134. The van der Waals surface area contributed by atoms with Gasteiger partial charge < -0.3 is 10.1 Å². The quantitative estimate of drug-likeness (QED) is 0.809. The lowest BCUT2D eigenvalue weighted by atomic mass is 9.80. The van der Waals surface area contributed by atoms with E-state index in [4.69, 9.17) is 4.74 Å². The fourth-order valence-corrected chi connectivity index (χ4v) is 4.87. The number of thioether (sulfide) groups is 1. The summed E-state index contributed by atoms with van der Waals surface area (Å²) in [6.45, 7) is 7.15. The summed E-state index contributed by atoms with van der Waals surface area (Å²) in [7, 11) is 0. The standard InChI is InChI=1S/C16H29NO2S/c1-4-19-15(18)12-5-7-13(8-6-12)17-14-11-20-10-9-16(14,2)3/h12-14,17H,4-11H2,1-3H3. The Kier molecular flexibility index (Phi) is 5.79. The smallest absolute Gasteiger partial charge is 0.308 e. The van der Waals surface area contributed by atoms with Crippen molar-refractivity contribution in [3.8, 4) is 0 Å². The fraction of sp³-hybridized carbons (Fsp3) is 0.938. The van der Waals surface area contributed by atoms with Crippen molar-refractivity contribution in [2.24, 2.45) is 11.3 Å². The second-order valence-electron chi connectivity index (χ2n) is 6.83. The molecule has 0 radical (unpaired) electrons. The maximum absolute atomic E-state index is 11.8. The molecule has 0 aromatic heterocycles. The normalized spacial score (nSPS) is 33.6. The first kappa shape index (κ1) is 16.2. The zero-order valence-electron chi connectivity index (χ0n) is 13.1. The lowest BCUT2D eigenvalue weighted by molar-refractivity contribution is -0.149. The predicted octanol–water partition coefficient (Wildman–Crippen LogP) is 3.23. The molecule has 0 spiro atoms. The molecule has 1 heterocycles. The molecule has 2 aliphatic rings. The summed E-state index contributed by atoms with van der Waals surface area (Å²) in [4.78, 5) is 11.8. The van der Waals surface area contributed by atoms with E-state index < -0.39 is 0 Å². The Labute approximate surface area is 127 Å². The minimum Gasteiger partial charge on any atom is -0.466 e. The van der Waals surface area contributed by atoms with Gasteiger partial charge in [-0.1, -0.05) is 13.8 Å². The van der Waals surface area contributed by atoms with Gasteiger partial charge in [-0.2, -0.15) is 11.8 Å². The maximum atomic E-state index is 11.8. The molecule has 1 N–H and O–H groups in total. The summed E-state index contributed by atoms with van der Waals surface area (Å²) < 4.78 is 5.14. The fourth-order valence-electron chi connectivity index (χ4n) is 3.25. The van der Waals surface area contributed by atoms with E-state index in [0.29, 0.717) is 24.1 Å². The number of esters is 1. The molecule has 20 heavy (non-hydrogen) atoms. The zero-order valence-corrected chi connectivity index (χ0v) is 13.9. The molecule has 116 valence electrons. The van der Waals surface area contributed by atoms with Gasteiger partial charge in [-0.25, -0.2) is 0 Å². The number of carbonyl (C=O) groups is 1. The lowest BCUT2D eigenvalue weighted by Gasteiger charge is -2.42. The first-order chi connectivity index (χ1) is 9.53. The predicted molar refractivity (Wildman–Crippen MR) is 85.0 cm³/mol. The van der Waals surface area contributed by atoms with Gasteiger partial charge >= 0.3 is 5.97 Å². The molecular weight excluding hydrogens is 270 g/mol. The first-order valence-electron chi connectivity index (χ1n) is 8.03. The Bertz CT molecular complexity index is 324. The monoisotopic (exact) mass is 299 g/mol. The highest BCUT2D eigenvalue weighted by atomic mass is 32.2. The highest BCUT2D eigenvalue weighted by Gasteiger charge is 2.35. The summed E-state index contributed by atoms with van der Waals surface area (Å²) >= 11 is 2.07. The Morgan fingerprint density at radius 2 is 2.00 bits per heavy atom. The molecule has 4 heteroatoms. The van der Waals surface area contributed by atoms with Gasteiger partial charge in [0.05, 0.1) is 12.5 Å². The minimum atomic E-state index is 0.0134. The van der Waals surface area contributed by atoms with Crippen LogP contribution >= 0.6 is 11.8 Å². The van der Waals surface area contributed by atoms with Crippen LogP contribution in [-0.2, 0) is 9.53 Å². The highest BCUT2D eigenvalue weighted by Crippen LogP contribution is 2.35. The second-order valence-corrected chi connectivity index (χ2v) is 7.98. The summed E-state index contributed by atoms with van der Waals surface area (Å²) in [5.41, 5.74) is 0.406. The SMILES string of the molecule is CCOC(=O)C1CCC(NC2CSCCC2(C)C)CC1. The Balaban J connectivity index is 1.78. The van der Waals surface area contributed by atoms with E-state index >= 15 is 0 Å². The van der Waals surface area contributed by atoms with Gasteiger partial charge in [0.1, 0.15) is 0 Å². The summed E-state index contributed by atoms with van der Waals surface area (Å²) in [5, 5.41) is 3.87. The molecule has 1 aliphatic carbocycles. The van der Waals surface area contributed by atoms with E-state index in [1.807, 2.05) is 6.92 Å². The second kappa shape index (κ2) is 7.17. The van der Waals surface area contributed by atoms with E-state index in [1.54, 1.807) is 0 Å². The van der Waals surface area contributed by atoms with Crippen molar-refractivity contribution in [3.05, 3.63) is 0 Å². The highest BCUT2D eigenvalue weighted by molar-refractivity contribution is 7.99. The average Bonchev–Trinajstić information content (AvgIpc) is 2.42. The van der Waals surface area contributed by atoms with Crippen molar-refractivity contribution in [1.82, 2.24) is 5.32 Å². The van der Waals surface area contributed by atoms with Gasteiger partial charge in [-0.15, -0.1) is 0 Å². The van der Waals surface area contributed by atoms with Gasteiger partial charge in [0.15, 0.2) is 0 Å². The van der Waals surface area contributed by atoms with Crippen LogP contribution in [0.2, 0.25) is 0 Å². The first-order valence-corrected chi connectivity index (χ1v) is 9.19. The Morgan fingerprint density at radius 3 is 2.60 bits per heavy atom. The largest absolute Gasteiger partial charge is 0.466 e. The van der Waals surface area contributed by atoms with Crippen LogP contribution in [-0.4, -0.2) is 36.2 Å². The molecule has 1 saturated heterocycles. The van der Waals surface area contributed by atoms with Crippen molar-refractivity contribution in [1.29, 1.82) is 0 Å². The molecule has 1 unspecified atom stereocenters. The molecule has 0 aromatic rings. The summed E-state index contributed by atoms with van der Waals surface area (Å²) in [5.74, 6) is 2.67. The van der Waals surface area contributed by atoms with Crippen molar-refractivity contribution >= 4 is 17.7 Å². The molecule has 0 aromatic carbocycles. The van der Waals surface area contributed by atoms with Crippen molar-refractivity contribution < 1.29 is 9.53 Å². The Morgan fingerprint density at radius 1 is 1.30 bits per heavy atom. The number of rotatable bonds is 4. The average molecular weight is 299 g/mol. The van der Waals surface area contributed by atoms with Crippen molar-refractivity contribution in [2.75, 3.05) is 18.1 Å². The zero-order chi connectivity index (χ0) is 14.6. The number of carbonyl (C=O) groups excluding carboxylic acids is 1. The van der Waals surface area contributed by atoms with E-state index in [1.165, 1.54) is 17.9 Å². The summed E-state index contributed by atoms with van der Waals surface area (Å²) in [6.07, 6.45) is 5.49. The van der Waals surface area contributed by atoms with Crippen LogP contribution in [0.5, 0.6) is 0 Å². The number of nitrogens with one attached hydrogen (secondary N) is 1. The third-order valence-corrected chi connectivity index (χ3v) is 5.96. The van der Waals surface area contributed by atoms with E-state index in [2.05, 4.69) is 30.9 Å². The number of hydrogen-bond acceptors (Lipinski definition) is 4. The maximum Gasteiger partial charge on any atom is 0.308 e. The van der Waals surface area contributed by atoms with E-state index in [-0.39, 0.29) is 11.9 Å². The van der Waals surface area contributed by atoms with Crippen LogP contribution in [0.3, 0.4) is 0 Å². The van der Waals surface area contributed by atoms with Crippen molar-refractivity contribution in [2.45, 2.75) is 65.0 Å². The van der Waals surface area contributed by atoms with E-state index in [9.17, 15) is 4.79 Å². The van der Waals surface area contributed by atoms with Gasteiger partial charge in [-0.3, -0.25) is 4.79 Å². The number of hydrogen-bond donors (Lipinski definition) is 1. The Hall–Kier alpha value is -0.220. The lowest BCUT2D eigenvalue weighted by Crippen LogP contribution is -2.51. The molecule has 2 fully saturated rings. The molecule has 1 aliphatic heterocycles. The molecule has 1 saturated carbocycles. The van der Waals surface area contributed by atoms with Crippen LogP contribution in [0.4, 0.5) is 0 Å². The van der Waals surface area contributed by atoms with Crippen LogP contribution < -0.4 is 5.32 Å². The van der Waals surface area contributed by atoms with E-state index in [0.717, 1.165) is 25.7 Å². The molecule has 0 bridgehead atoms. The molecule has 3 nitrogen and oxygen atoms in total. The molecule has 0 amide bonds. The van der Waals surface area contributed by atoms with Gasteiger partial charge in [0.25, 0.3) is 0 Å². The van der Waals surface area contributed by atoms with Crippen LogP contribution in [0.1, 0.15) is 52.9 Å². The van der Waals surface area contributed by atoms with Crippen LogP contribution in [0.25, 0.3) is 0 Å². The molecular formula is C16H29NO2S. The number of ether oxygens (including phenoxy) is 1. The summed E-state index contributed by atoms with van der Waals surface area (Å²) in [6, 6.07) is 1.20. The van der Waals surface area contributed by atoms with Gasteiger partial charge in [0, 0.05) is 17.8 Å². The van der Waals surface area contributed by atoms with Gasteiger partial charge in [0.2, 0.25) is 0 Å².